The molecule has 3 N–H and O–H groups in total. The van der Waals surface area contributed by atoms with Crippen molar-refractivity contribution in [1.82, 2.24) is 24.6 Å². The lowest BCUT2D eigenvalue weighted by atomic mass is 9.96. The molecule has 0 bridgehead atoms. The third-order valence-electron chi connectivity index (χ3n) is 9.76. The number of nitrogens with two attached hydrogens (primary N) is 1. The number of hydrogen-bond acceptors (Lipinski definition) is 12. The zero-order valence-electron chi connectivity index (χ0n) is 28.2. The zero-order valence-corrected chi connectivity index (χ0v) is 29.1. The SMILES string of the molecule is C[C@H](NP(=O)(OC[C@H]1O[C@@H](n2cnc3c(N)ncnc32)C2(C)OC3(CCCC3)O[C@@H]12)Oc1cccc2ccccc12)C(=O)OCc1ccccc1. The molecule has 51 heavy (non-hydrogen) atoms. The lowest BCUT2D eigenvalue weighted by molar-refractivity contribution is -0.231. The van der Waals surface area contributed by atoms with Gasteiger partial charge in [-0.2, -0.15) is 5.09 Å². The molecule has 266 valence electrons. The maximum atomic E-state index is 14.8. The molecule has 8 rings (SSSR count). The first-order chi connectivity index (χ1) is 24.7. The molecule has 5 aromatic rings. The largest absolute Gasteiger partial charge is 0.460 e. The van der Waals surface area contributed by atoms with Gasteiger partial charge in [-0.05, 0) is 43.7 Å². The van der Waals surface area contributed by atoms with Gasteiger partial charge in [-0.3, -0.25) is 13.9 Å². The first-order valence-corrected chi connectivity index (χ1v) is 18.6. The summed E-state index contributed by atoms with van der Waals surface area (Å²) < 4.78 is 54.6. The van der Waals surface area contributed by atoms with E-state index in [2.05, 4.69) is 20.0 Å². The van der Waals surface area contributed by atoms with E-state index in [0.29, 0.717) is 16.9 Å². The first kappa shape index (κ1) is 33.7. The monoisotopic (exact) mass is 714 g/mol. The zero-order chi connectivity index (χ0) is 35.2. The third-order valence-corrected chi connectivity index (χ3v) is 11.4. The number of esters is 1. The van der Waals surface area contributed by atoms with Crippen LogP contribution in [0.25, 0.3) is 21.9 Å². The van der Waals surface area contributed by atoms with Gasteiger partial charge in [-0.15, -0.1) is 0 Å². The molecule has 3 fully saturated rings. The molecular formula is C36H39N6O8P. The molecule has 0 radical (unpaired) electrons. The Labute approximate surface area is 294 Å². The fourth-order valence-electron chi connectivity index (χ4n) is 7.29. The molecule has 15 heteroatoms. The van der Waals surface area contributed by atoms with Crippen molar-refractivity contribution in [1.29, 1.82) is 0 Å². The summed E-state index contributed by atoms with van der Waals surface area (Å²) in [6, 6.07) is 21.2. The van der Waals surface area contributed by atoms with Gasteiger partial charge in [0.1, 0.15) is 48.1 Å². The summed E-state index contributed by atoms with van der Waals surface area (Å²) in [4.78, 5) is 26.1. The Morgan fingerprint density at radius 1 is 1.06 bits per heavy atom. The Balaban J connectivity index is 1.08. The first-order valence-electron chi connectivity index (χ1n) is 17.0. The van der Waals surface area contributed by atoms with E-state index < -0.39 is 49.6 Å². The quantitative estimate of drug-likeness (QED) is 0.124. The van der Waals surface area contributed by atoms with E-state index in [1.807, 2.05) is 67.6 Å². The van der Waals surface area contributed by atoms with Crippen molar-refractivity contribution in [2.24, 2.45) is 0 Å². The van der Waals surface area contributed by atoms with E-state index in [0.717, 1.165) is 42.0 Å². The van der Waals surface area contributed by atoms with Crippen molar-refractivity contribution in [3.63, 3.8) is 0 Å². The molecule has 2 unspecified atom stereocenters. The number of aromatic nitrogens is 4. The predicted octanol–water partition coefficient (Wildman–Crippen LogP) is 5.83. The smallest absolute Gasteiger partial charge is 0.459 e. The summed E-state index contributed by atoms with van der Waals surface area (Å²) in [6.07, 6.45) is 4.18. The number of nitrogen functional groups attached to an aromatic ring is 1. The fraction of sp³-hybridized carbons (Fsp3) is 0.389. The number of nitrogens with one attached hydrogen (secondary N) is 1. The van der Waals surface area contributed by atoms with Crippen LogP contribution < -0.4 is 15.3 Å². The van der Waals surface area contributed by atoms with E-state index in [1.54, 1.807) is 30.0 Å². The number of rotatable bonds is 11. The van der Waals surface area contributed by atoms with Gasteiger partial charge in [0.25, 0.3) is 0 Å². The summed E-state index contributed by atoms with van der Waals surface area (Å²) in [6.45, 7) is 3.30. The normalized spacial score (nSPS) is 25.6. The minimum atomic E-state index is -4.30. The summed E-state index contributed by atoms with van der Waals surface area (Å²) in [7, 11) is -4.30. The highest BCUT2D eigenvalue weighted by Crippen LogP contribution is 2.56. The molecule has 3 aromatic carbocycles. The third kappa shape index (κ3) is 6.37. The summed E-state index contributed by atoms with van der Waals surface area (Å²) in [5, 5.41) is 4.42. The molecule has 6 atom stereocenters. The number of carbonyl (C=O) groups excluding carboxylic acids is 1. The molecule has 2 aromatic heterocycles. The number of imidazole rings is 1. The summed E-state index contributed by atoms with van der Waals surface area (Å²) >= 11 is 0. The van der Waals surface area contributed by atoms with E-state index in [4.69, 9.17) is 33.7 Å². The minimum absolute atomic E-state index is 0.0528. The molecule has 14 nitrogen and oxygen atoms in total. The molecular weight excluding hydrogens is 675 g/mol. The van der Waals surface area contributed by atoms with Gasteiger partial charge in [-0.1, -0.05) is 66.7 Å². The second kappa shape index (κ2) is 13.3. The second-order valence-corrected chi connectivity index (χ2v) is 15.1. The number of anilines is 1. The molecule has 0 amide bonds. The van der Waals surface area contributed by atoms with Crippen LogP contribution in [0.15, 0.2) is 85.5 Å². The van der Waals surface area contributed by atoms with Crippen molar-refractivity contribution >= 4 is 41.5 Å². The van der Waals surface area contributed by atoms with Crippen LogP contribution >= 0.6 is 7.75 Å². The predicted molar refractivity (Wildman–Crippen MR) is 186 cm³/mol. The van der Waals surface area contributed by atoms with E-state index in [-0.39, 0.29) is 19.0 Å². The van der Waals surface area contributed by atoms with E-state index in [9.17, 15) is 9.36 Å². The van der Waals surface area contributed by atoms with Gasteiger partial charge in [0.2, 0.25) is 0 Å². The van der Waals surface area contributed by atoms with Crippen LogP contribution in [0.5, 0.6) is 5.75 Å². The van der Waals surface area contributed by atoms with Gasteiger partial charge in [0.15, 0.2) is 23.5 Å². The number of nitrogens with zero attached hydrogens (tertiary/aromatic N) is 4. The van der Waals surface area contributed by atoms with Crippen LogP contribution in [0, 0.1) is 0 Å². The highest BCUT2D eigenvalue weighted by atomic mass is 31.2. The maximum Gasteiger partial charge on any atom is 0.459 e. The maximum absolute atomic E-state index is 14.8. The Morgan fingerprint density at radius 3 is 2.65 bits per heavy atom. The highest BCUT2D eigenvalue weighted by Gasteiger charge is 2.67. The van der Waals surface area contributed by atoms with E-state index >= 15 is 0 Å². The Hall–Kier alpha value is -4.43. The number of hydrogen-bond donors (Lipinski definition) is 2. The van der Waals surface area contributed by atoms with Crippen LogP contribution in [0.3, 0.4) is 0 Å². The van der Waals surface area contributed by atoms with Gasteiger partial charge in [-0.25, -0.2) is 19.5 Å². The summed E-state index contributed by atoms with van der Waals surface area (Å²) in [5.41, 5.74) is 6.82. The number of carbonyl (C=O) groups is 1. The van der Waals surface area contributed by atoms with Crippen molar-refractivity contribution in [3.05, 3.63) is 91.0 Å². The Morgan fingerprint density at radius 2 is 1.82 bits per heavy atom. The van der Waals surface area contributed by atoms with Gasteiger partial charge < -0.3 is 29.2 Å². The van der Waals surface area contributed by atoms with Gasteiger partial charge >= 0.3 is 13.7 Å². The number of benzene rings is 3. The molecule has 2 saturated heterocycles. The molecule has 1 spiro atoms. The number of fused-ring (bicyclic) bond motifs is 3. The minimum Gasteiger partial charge on any atom is -0.460 e. The second-order valence-electron chi connectivity index (χ2n) is 13.4. The van der Waals surface area contributed by atoms with Crippen molar-refractivity contribution in [3.8, 4) is 5.75 Å². The van der Waals surface area contributed by atoms with Crippen LogP contribution in [0.1, 0.15) is 51.3 Å². The fourth-order valence-corrected chi connectivity index (χ4v) is 8.81. The van der Waals surface area contributed by atoms with Crippen LogP contribution in [-0.2, 0) is 39.4 Å². The van der Waals surface area contributed by atoms with Crippen LogP contribution in [0.2, 0.25) is 0 Å². The lowest BCUT2D eigenvalue weighted by Crippen LogP contribution is -2.42. The average molecular weight is 715 g/mol. The topological polar surface area (TPSA) is 171 Å². The Kier molecular flexibility index (Phi) is 8.77. The van der Waals surface area contributed by atoms with Crippen molar-refractivity contribution in [2.45, 2.75) is 82.0 Å². The molecule has 1 saturated carbocycles. The van der Waals surface area contributed by atoms with E-state index in [1.165, 1.54) is 6.33 Å². The Bertz CT molecular complexity index is 2100. The average Bonchev–Trinajstić information content (AvgIpc) is 3.90. The van der Waals surface area contributed by atoms with Crippen molar-refractivity contribution < 1.29 is 37.4 Å². The highest BCUT2D eigenvalue weighted by molar-refractivity contribution is 7.52. The van der Waals surface area contributed by atoms with Crippen LogP contribution in [0.4, 0.5) is 5.82 Å². The standard InChI is InChI=1S/C36H39N6O8P/c1-23(33(43)45-19-24-11-4-3-5-12-24)41-51(44,49-27-16-10-14-25-13-6-7-15-26(25)27)46-20-28-30-35(2,50-36(48-30)17-8-9-18-36)34(47-28)42-22-40-29-31(37)38-21-39-32(29)42/h3-7,10-16,21-23,28,30,34H,8-9,17-20H2,1-2H3,(H,41,44)(H2,37,38,39)/t23-,28+,30-,34+,35?,51?/m0/s1. The van der Waals surface area contributed by atoms with Crippen LogP contribution in [-0.4, -0.2) is 61.7 Å². The summed E-state index contributed by atoms with van der Waals surface area (Å²) in [5.74, 6) is -0.861. The number of ether oxygens (including phenoxy) is 4. The molecule has 3 aliphatic rings. The molecule has 4 heterocycles. The molecule has 2 aliphatic heterocycles. The molecule has 1 aliphatic carbocycles. The van der Waals surface area contributed by atoms with Gasteiger partial charge in [0, 0.05) is 18.2 Å². The van der Waals surface area contributed by atoms with Crippen molar-refractivity contribution in [2.75, 3.05) is 12.3 Å². The lowest BCUT2D eigenvalue weighted by Gasteiger charge is -2.31. The van der Waals surface area contributed by atoms with Gasteiger partial charge in [0.05, 0.1) is 12.9 Å².